The number of hydrogen-bond donors (Lipinski definition) is 1. The predicted octanol–water partition coefficient (Wildman–Crippen LogP) is 6.52. The molecule has 3 aromatic carbocycles. The van der Waals surface area contributed by atoms with Crippen LogP contribution in [0.1, 0.15) is 23.6 Å². The van der Waals surface area contributed by atoms with Crippen molar-refractivity contribution in [3.63, 3.8) is 0 Å². The second kappa shape index (κ2) is 11.6. The van der Waals surface area contributed by atoms with E-state index in [0.717, 1.165) is 23.8 Å². The lowest BCUT2D eigenvalue weighted by Crippen LogP contribution is -2.30. The highest BCUT2D eigenvalue weighted by Crippen LogP contribution is 2.34. The zero-order valence-corrected chi connectivity index (χ0v) is 19.3. The van der Waals surface area contributed by atoms with Gasteiger partial charge in [0, 0.05) is 11.1 Å². The van der Waals surface area contributed by atoms with E-state index in [1.165, 1.54) is 25.1 Å². The van der Waals surface area contributed by atoms with Gasteiger partial charge in [-0.15, -0.1) is 0 Å². The highest BCUT2D eigenvalue weighted by molar-refractivity contribution is 6.30. The van der Waals surface area contributed by atoms with Crippen molar-refractivity contribution in [1.82, 2.24) is 0 Å². The van der Waals surface area contributed by atoms with Crippen LogP contribution in [-0.2, 0) is 27.1 Å². The smallest absolute Gasteiger partial charge is 0.418 e. The molecule has 1 unspecified atom stereocenters. The normalized spacial score (nSPS) is 12.3. The number of rotatable bonds is 8. The Balaban J connectivity index is 1.50. The maximum absolute atomic E-state index is 13.1. The number of esters is 1. The Morgan fingerprint density at radius 1 is 1.00 bits per heavy atom. The van der Waals surface area contributed by atoms with Crippen LogP contribution in [-0.4, -0.2) is 18.0 Å². The number of amides is 1. The van der Waals surface area contributed by atoms with Gasteiger partial charge in [0.1, 0.15) is 12.4 Å². The van der Waals surface area contributed by atoms with Gasteiger partial charge in [-0.3, -0.25) is 4.79 Å². The SMILES string of the molecule is CC(OC(=O)C=Cc1ccc(OCc2ccc(Cl)cc2)cc1)C(=O)Nc1ccccc1C(F)(F)F. The Bertz CT molecular complexity index is 1190. The van der Waals surface area contributed by atoms with Crippen molar-refractivity contribution < 1.29 is 32.2 Å². The van der Waals surface area contributed by atoms with Crippen LogP contribution in [0.4, 0.5) is 18.9 Å². The molecule has 1 amide bonds. The molecule has 9 heteroatoms. The maximum atomic E-state index is 13.1. The molecule has 0 aliphatic rings. The number of para-hydroxylation sites is 1. The number of ether oxygens (including phenoxy) is 2. The fraction of sp³-hybridized carbons (Fsp3) is 0.154. The second-order valence-electron chi connectivity index (χ2n) is 7.43. The summed E-state index contributed by atoms with van der Waals surface area (Å²) >= 11 is 5.86. The summed E-state index contributed by atoms with van der Waals surface area (Å²) in [5, 5.41) is 2.79. The van der Waals surface area contributed by atoms with Gasteiger partial charge in [-0.05, 0) is 60.5 Å². The molecule has 1 atom stereocenters. The van der Waals surface area contributed by atoms with Crippen molar-refractivity contribution in [2.45, 2.75) is 25.8 Å². The molecular weight excluding hydrogens is 483 g/mol. The lowest BCUT2D eigenvalue weighted by Gasteiger charge is -2.16. The molecule has 1 N–H and O–H groups in total. The first-order valence-corrected chi connectivity index (χ1v) is 10.8. The number of carbonyl (C=O) groups excluding carboxylic acids is 2. The number of halogens is 4. The molecule has 0 aromatic heterocycles. The van der Waals surface area contributed by atoms with Crippen LogP contribution in [0.3, 0.4) is 0 Å². The summed E-state index contributed by atoms with van der Waals surface area (Å²) in [4.78, 5) is 24.3. The van der Waals surface area contributed by atoms with E-state index in [9.17, 15) is 22.8 Å². The Hall–Kier alpha value is -3.78. The van der Waals surface area contributed by atoms with Gasteiger partial charge in [-0.25, -0.2) is 4.79 Å². The monoisotopic (exact) mass is 503 g/mol. The zero-order valence-electron chi connectivity index (χ0n) is 18.5. The highest BCUT2D eigenvalue weighted by Gasteiger charge is 2.34. The van der Waals surface area contributed by atoms with Crippen LogP contribution in [0.2, 0.25) is 5.02 Å². The maximum Gasteiger partial charge on any atom is 0.418 e. The van der Waals surface area contributed by atoms with E-state index in [-0.39, 0.29) is 0 Å². The number of hydrogen-bond acceptors (Lipinski definition) is 4. The molecule has 3 rings (SSSR count). The van der Waals surface area contributed by atoms with E-state index in [1.807, 2.05) is 12.1 Å². The van der Waals surface area contributed by atoms with E-state index in [0.29, 0.717) is 22.9 Å². The number of anilines is 1. The van der Waals surface area contributed by atoms with Gasteiger partial charge in [0.25, 0.3) is 5.91 Å². The molecule has 3 aromatic rings. The van der Waals surface area contributed by atoms with Gasteiger partial charge in [-0.2, -0.15) is 13.2 Å². The third-order valence-electron chi connectivity index (χ3n) is 4.76. The summed E-state index contributed by atoms with van der Waals surface area (Å²) in [6, 6.07) is 18.7. The first-order valence-electron chi connectivity index (χ1n) is 10.4. The summed E-state index contributed by atoms with van der Waals surface area (Å²) in [5.41, 5.74) is 0.229. The van der Waals surface area contributed by atoms with E-state index < -0.39 is 35.4 Å². The van der Waals surface area contributed by atoms with Crippen LogP contribution in [0.15, 0.2) is 78.9 Å². The van der Waals surface area contributed by atoms with Crippen molar-refractivity contribution in [1.29, 1.82) is 0 Å². The molecule has 182 valence electrons. The molecule has 0 saturated heterocycles. The van der Waals surface area contributed by atoms with Crippen LogP contribution in [0.5, 0.6) is 5.75 Å². The Kier molecular flexibility index (Phi) is 8.54. The van der Waals surface area contributed by atoms with Crippen molar-refractivity contribution in [2.75, 3.05) is 5.32 Å². The van der Waals surface area contributed by atoms with E-state index in [4.69, 9.17) is 21.1 Å². The molecule has 0 heterocycles. The van der Waals surface area contributed by atoms with Gasteiger partial charge in [0.05, 0.1) is 11.3 Å². The standard InChI is InChI=1S/C26H21ClF3NO4/c1-17(25(33)31-23-5-3-2-4-22(23)26(28,29)30)35-24(32)15-10-18-8-13-21(14-9-18)34-16-19-6-11-20(27)12-7-19/h2-15,17H,16H2,1H3,(H,31,33). The van der Waals surface area contributed by atoms with Crippen LogP contribution in [0.25, 0.3) is 6.08 Å². The fourth-order valence-corrected chi connectivity index (χ4v) is 3.05. The summed E-state index contributed by atoms with van der Waals surface area (Å²) in [7, 11) is 0. The van der Waals surface area contributed by atoms with Gasteiger partial charge in [0.2, 0.25) is 0 Å². The molecule has 0 aliphatic carbocycles. The zero-order chi connectivity index (χ0) is 25.4. The highest BCUT2D eigenvalue weighted by atomic mass is 35.5. The molecule has 0 bridgehead atoms. The van der Waals surface area contributed by atoms with Crippen LogP contribution in [0, 0.1) is 0 Å². The number of nitrogens with one attached hydrogen (secondary N) is 1. The van der Waals surface area contributed by atoms with Gasteiger partial charge < -0.3 is 14.8 Å². The fourth-order valence-electron chi connectivity index (χ4n) is 2.93. The topological polar surface area (TPSA) is 64.6 Å². The first kappa shape index (κ1) is 25.8. The minimum Gasteiger partial charge on any atom is -0.489 e. The summed E-state index contributed by atoms with van der Waals surface area (Å²) in [5.74, 6) is -1.07. The largest absolute Gasteiger partial charge is 0.489 e. The van der Waals surface area contributed by atoms with Gasteiger partial charge >= 0.3 is 12.1 Å². The molecular formula is C26H21ClF3NO4. The van der Waals surface area contributed by atoms with Crippen LogP contribution < -0.4 is 10.1 Å². The quantitative estimate of drug-likeness (QED) is 0.281. The minimum absolute atomic E-state index is 0.367. The third-order valence-corrected chi connectivity index (χ3v) is 5.02. The van der Waals surface area contributed by atoms with Crippen molar-refractivity contribution >= 4 is 35.2 Å². The summed E-state index contributed by atoms with van der Waals surface area (Å²) in [6.07, 6.45) is -3.34. The molecule has 0 radical (unpaired) electrons. The number of alkyl halides is 3. The molecule has 35 heavy (non-hydrogen) atoms. The van der Waals surface area contributed by atoms with Gasteiger partial charge in [-0.1, -0.05) is 48.0 Å². The number of carbonyl (C=O) groups is 2. The van der Waals surface area contributed by atoms with Crippen molar-refractivity contribution in [3.8, 4) is 5.75 Å². The molecule has 0 saturated carbocycles. The summed E-state index contributed by atoms with van der Waals surface area (Å²) in [6.45, 7) is 1.64. The van der Waals surface area contributed by atoms with E-state index in [2.05, 4.69) is 5.32 Å². The van der Waals surface area contributed by atoms with E-state index >= 15 is 0 Å². The predicted molar refractivity (Wildman–Crippen MR) is 127 cm³/mol. The van der Waals surface area contributed by atoms with Gasteiger partial charge in [0.15, 0.2) is 6.10 Å². The second-order valence-corrected chi connectivity index (χ2v) is 7.87. The Morgan fingerprint density at radius 3 is 2.31 bits per heavy atom. The average molecular weight is 504 g/mol. The lowest BCUT2D eigenvalue weighted by molar-refractivity contribution is -0.148. The van der Waals surface area contributed by atoms with E-state index in [1.54, 1.807) is 36.4 Å². The average Bonchev–Trinajstić information content (AvgIpc) is 2.82. The molecule has 5 nitrogen and oxygen atoms in total. The molecule has 0 fully saturated rings. The first-order chi connectivity index (χ1) is 16.6. The van der Waals surface area contributed by atoms with Crippen molar-refractivity contribution in [3.05, 3.63) is 101 Å². The minimum atomic E-state index is -4.64. The lowest BCUT2D eigenvalue weighted by atomic mass is 10.1. The molecule has 0 aliphatic heterocycles. The Labute approximate surface area is 205 Å². The third kappa shape index (κ3) is 7.89. The number of benzene rings is 3. The van der Waals surface area contributed by atoms with Crippen LogP contribution >= 0.6 is 11.6 Å². The summed E-state index contributed by atoms with van der Waals surface area (Å²) < 4.78 is 49.9. The Morgan fingerprint density at radius 2 is 1.66 bits per heavy atom. The van der Waals surface area contributed by atoms with Crippen molar-refractivity contribution in [2.24, 2.45) is 0 Å². The molecule has 0 spiro atoms.